The van der Waals surface area contributed by atoms with Crippen molar-refractivity contribution in [2.24, 2.45) is 0 Å². The minimum atomic E-state index is -3.55. The van der Waals surface area contributed by atoms with Crippen molar-refractivity contribution < 1.29 is 17.9 Å². The van der Waals surface area contributed by atoms with Crippen LogP contribution in [-0.2, 0) is 10.0 Å². The molecule has 148 valence electrons. The normalized spacial score (nSPS) is 16.4. The second kappa shape index (κ2) is 7.87. The van der Waals surface area contributed by atoms with Crippen LogP contribution >= 0.6 is 22.9 Å². The molecule has 1 fully saturated rings. The zero-order chi connectivity index (χ0) is 19.7. The number of benzene rings is 2. The lowest BCUT2D eigenvalue weighted by Crippen LogP contribution is -2.41. The molecule has 1 aliphatic rings. The van der Waals surface area contributed by atoms with Gasteiger partial charge in [-0.05, 0) is 37.1 Å². The lowest BCUT2D eigenvalue weighted by atomic mass is 10.1. The molecule has 0 unspecified atom stereocenters. The van der Waals surface area contributed by atoms with Crippen LogP contribution in [0.3, 0.4) is 0 Å². The minimum absolute atomic E-state index is 0.0731. The van der Waals surface area contributed by atoms with E-state index in [4.69, 9.17) is 21.1 Å². The molecule has 3 aromatic rings. The molecule has 0 N–H and O–H groups in total. The van der Waals surface area contributed by atoms with Crippen LogP contribution in [0, 0.1) is 0 Å². The standard InChI is InChI=1S/C19H19ClN2O4S2/c1-25-14-4-2-5-15(12-14)28(23,24)22-10-8-13(9-11-22)26-19-21-18-16(20)6-3-7-17(18)27-19/h2-7,12-13H,8-11H2,1H3. The number of aromatic nitrogens is 1. The van der Waals surface area contributed by atoms with Gasteiger partial charge in [-0.2, -0.15) is 4.31 Å². The van der Waals surface area contributed by atoms with Crippen molar-refractivity contribution in [1.82, 2.24) is 9.29 Å². The molecule has 9 heteroatoms. The number of sulfonamides is 1. The Hall–Kier alpha value is -1.87. The van der Waals surface area contributed by atoms with Crippen molar-refractivity contribution in [2.45, 2.75) is 23.8 Å². The fourth-order valence-corrected chi connectivity index (χ4v) is 5.87. The van der Waals surface area contributed by atoms with Crippen molar-refractivity contribution in [3.8, 4) is 10.9 Å². The molecule has 28 heavy (non-hydrogen) atoms. The van der Waals surface area contributed by atoms with Gasteiger partial charge in [0.1, 0.15) is 17.4 Å². The summed E-state index contributed by atoms with van der Waals surface area (Å²) >= 11 is 7.62. The fraction of sp³-hybridized carbons (Fsp3) is 0.316. The van der Waals surface area contributed by atoms with Crippen LogP contribution < -0.4 is 9.47 Å². The molecule has 4 rings (SSSR count). The Bertz CT molecular complexity index is 1090. The first kappa shape index (κ1) is 19.4. The average Bonchev–Trinajstić information content (AvgIpc) is 3.12. The summed E-state index contributed by atoms with van der Waals surface area (Å²) in [6.45, 7) is 0.797. The van der Waals surface area contributed by atoms with Gasteiger partial charge < -0.3 is 9.47 Å². The van der Waals surface area contributed by atoms with Gasteiger partial charge in [0.05, 0.1) is 21.7 Å². The van der Waals surface area contributed by atoms with Crippen LogP contribution in [-0.4, -0.2) is 44.0 Å². The molecule has 0 spiro atoms. The lowest BCUT2D eigenvalue weighted by Gasteiger charge is -2.30. The first-order chi connectivity index (χ1) is 13.5. The van der Waals surface area contributed by atoms with E-state index in [0.29, 0.717) is 41.9 Å². The van der Waals surface area contributed by atoms with Crippen LogP contribution in [0.15, 0.2) is 47.4 Å². The van der Waals surface area contributed by atoms with Gasteiger partial charge in [0.2, 0.25) is 10.0 Å². The molecule has 1 aromatic heterocycles. The van der Waals surface area contributed by atoms with Crippen molar-refractivity contribution >= 4 is 43.2 Å². The molecular formula is C19H19ClN2O4S2. The maximum Gasteiger partial charge on any atom is 0.274 e. The molecule has 2 aromatic carbocycles. The summed E-state index contributed by atoms with van der Waals surface area (Å²) < 4.78 is 39.4. The van der Waals surface area contributed by atoms with Crippen molar-refractivity contribution in [1.29, 1.82) is 0 Å². The summed E-state index contributed by atoms with van der Waals surface area (Å²) in [5.41, 5.74) is 0.738. The molecular weight excluding hydrogens is 420 g/mol. The summed E-state index contributed by atoms with van der Waals surface area (Å²) in [4.78, 5) is 4.70. The predicted octanol–water partition coefficient (Wildman–Crippen LogP) is 4.19. The third-order valence-corrected chi connectivity index (χ3v) is 7.81. The molecule has 0 aliphatic carbocycles. The van der Waals surface area contributed by atoms with Crippen LogP contribution in [0.25, 0.3) is 10.2 Å². The molecule has 0 saturated carbocycles. The lowest BCUT2D eigenvalue weighted by molar-refractivity contribution is 0.135. The number of thiazole rings is 1. The second-order valence-corrected chi connectivity index (χ2v) is 9.80. The Balaban J connectivity index is 1.43. The molecule has 0 bridgehead atoms. The molecule has 1 aliphatic heterocycles. The van der Waals surface area contributed by atoms with E-state index < -0.39 is 10.0 Å². The number of halogens is 1. The number of rotatable bonds is 5. The summed E-state index contributed by atoms with van der Waals surface area (Å²) in [6.07, 6.45) is 1.13. The smallest absolute Gasteiger partial charge is 0.274 e. The second-order valence-electron chi connectivity index (χ2n) is 6.47. The highest BCUT2D eigenvalue weighted by Crippen LogP contribution is 2.33. The number of piperidine rings is 1. The maximum absolute atomic E-state index is 12.9. The number of nitrogens with zero attached hydrogens (tertiary/aromatic N) is 2. The number of hydrogen-bond acceptors (Lipinski definition) is 6. The summed E-state index contributed by atoms with van der Waals surface area (Å²) in [7, 11) is -2.03. The summed E-state index contributed by atoms with van der Waals surface area (Å²) in [6, 6.07) is 12.2. The van der Waals surface area contributed by atoms with Crippen molar-refractivity contribution in [2.75, 3.05) is 20.2 Å². The molecule has 0 radical (unpaired) electrons. The van der Waals surface area contributed by atoms with E-state index in [1.165, 1.54) is 22.8 Å². The third-order valence-electron chi connectivity index (χ3n) is 4.70. The van der Waals surface area contributed by atoms with E-state index in [0.717, 1.165) is 10.2 Å². The molecule has 1 saturated heterocycles. The Morgan fingerprint density at radius 3 is 2.64 bits per heavy atom. The zero-order valence-electron chi connectivity index (χ0n) is 15.2. The van der Waals surface area contributed by atoms with Gasteiger partial charge in [0.15, 0.2) is 0 Å². The van der Waals surface area contributed by atoms with Gasteiger partial charge in [-0.1, -0.05) is 35.1 Å². The van der Waals surface area contributed by atoms with E-state index >= 15 is 0 Å². The van der Waals surface area contributed by atoms with Crippen LogP contribution in [0.1, 0.15) is 12.8 Å². The maximum atomic E-state index is 12.9. The van der Waals surface area contributed by atoms with Crippen molar-refractivity contribution in [3.05, 3.63) is 47.5 Å². The van der Waals surface area contributed by atoms with Crippen LogP contribution in [0.4, 0.5) is 0 Å². The SMILES string of the molecule is COc1cccc(S(=O)(=O)N2CCC(Oc3nc4c(Cl)cccc4s3)CC2)c1. The summed E-state index contributed by atoms with van der Waals surface area (Å²) in [5.74, 6) is 0.522. The zero-order valence-corrected chi connectivity index (χ0v) is 17.6. The van der Waals surface area contributed by atoms with Gasteiger partial charge in [0, 0.05) is 19.2 Å². The number of hydrogen-bond donors (Lipinski definition) is 0. The first-order valence-electron chi connectivity index (χ1n) is 8.83. The Kier molecular flexibility index (Phi) is 5.46. The minimum Gasteiger partial charge on any atom is -0.497 e. The van der Waals surface area contributed by atoms with E-state index in [9.17, 15) is 8.42 Å². The quantitative estimate of drug-likeness (QED) is 0.597. The predicted molar refractivity (Wildman–Crippen MR) is 110 cm³/mol. The van der Waals surface area contributed by atoms with E-state index in [1.54, 1.807) is 30.3 Å². The van der Waals surface area contributed by atoms with Gasteiger partial charge in [-0.25, -0.2) is 13.4 Å². The highest BCUT2D eigenvalue weighted by Gasteiger charge is 2.30. The molecule has 6 nitrogen and oxygen atoms in total. The molecule has 0 amide bonds. The average molecular weight is 439 g/mol. The topological polar surface area (TPSA) is 68.7 Å². The Morgan fingerprint density at radius 1 is 1.18 bits per heavy atom. The monoisotopic (exact) mass is 438 g/mol. The van der Waals surface area contributed by atoms with Gasteiger partial charge >= 0.3 is 0 Å². The highest BCUT2D eigenvalue weighted by atomic mass is 35.5. The van der Waals surface area contributed by atoms with Crippen molar-refractivity contribution in [3.63, 3.8) is 0 Å². The molecule has 2 heterocycles. The third kappa shape index (κ3) is 3.82. The summed E-state index contributed by atoms with van der Waals surface area (Å²) in [5, 5.41) is 1.17. The number of methoxy groups -OCH3 is 1. The van der Waals surface area contributed by atoms with E-state index in [2.05, 4.69) is 4.98 Å². The first-order valence-corrected chi connectivity index (χ1v) is 11.5. The molecule has 0 atom stereocenters. The number of para-hydroxylation sites is 1. The van der Waals surface area contributed by atoms with Crippen LogP contribution in [0.5, 0.6) is 10.9 Å². The largest absolute Gasteiger partial charge is 0.497 e. The van der Waals surface area contributed by atoms with Crippen LogP contribution in [0.2, 0.25) is 5.02 Å². The van der Waals surface area contributed by atoms with E-state index in [1.807, 2.05) is 12.1 Å². The fourth-order valence-electron chi connectivity index (χ4n) is 3.19. The Labute approximate surface area is 172 Å². The van der Waals surface area contributed by atoms with Gasteiger partial charge in [-0.3, -0.25) is 0 Å². The Morgan fingerprint density at radius 2 is 1.93 bits per heavy atom. The highest BCUT2D eigenvalue weighted by molar-refractivity contribution is 7.89. The van der Waals surface area contributed by atoms with Gasteiger partial charge in [0.25, 0.3) is 5.19 Å². The van der Waals surface area contributed by atoms with E-state index in [-0.39, 0.29) is 11.0 Å². The van der Waals surface area contributed by atoms with Gasteiger partial charge in [-0.15, -0.1) is 0 Å². The number of fused-ring (bicyclic) bond motifs is 1. The number of ether oxygens (including phenoxy) is 2.